The van der Waals surface area contributed by atoms with E-state index in [0.717, 1.165) is 5.56 Å². The average molecular weight is 287 g/mol. The summed E-state index contributed by atoms with van der Waals surface area (Å²) in [6.45, 7) is 5.96. The SMILES string of the molecule is [B]c1ccc([C@H](C)N(CCC(=O)C(C)C)C(=O)OC)cc1. The van der Waals surface area contributed by atoms with E-state index in [-0.39, 0.29) is 17.7 Å². The molecule has 2 radical (unpaired) electrons. The molecule has 0 heterocycles. The Morgan fingerprint density at radius 2 is 1.76 bits per heavy atom. The largest absolute Gasteiger partial charge is 0.453 e. The smallest absolute Gasteiger partial charge is 0.409 e. The molecule has 1 atom stereocenters. The van der Waals surface area contributed by atoms with Gasteiger partial charge in [-0.15, -0.1) is 0 Å². The van der Waals surface area contributed by atoms with Crippen molar-refractivity contribution in [2.24, 2.45) is 5.92 Å². The lowest BCUT2D eigenvalue weighted by atomic mass is 9.94. The fourth-order valence-corrected chi connectivity index (χ4v) is 2.03. The van der Waals surface area contributed by atoms with Crippen molar-refractivity contribution in [3.05, 3.63) is 29.8 Å². The van der Waals surface area contributed by atoms with Crippen LogP contribution in [0.1, 0.15) is 38.8 Å². The molecular weight excluding hydrogens is 265 g/mol. The third kappa shape index (κ3) is 4.92. The van der Waals surface area contributed by atoms with E-state index in [0.29, 0.717) is 18.4 Å². The highest BCUT2D eigenvalue weighted by Crippen LogP contribution is 2.21. The van der Waals surface area contributed by atoms with Gasteiger partial charge in [-0.2, -0.15) is 0 Å². The standard InChI is InChI=1S/C16H22BNO3/c1-11(2)15(19)9-10-18(16(20)21-4)12(3)13-5-7-14(17)8-6-13/h5-8,11-12H,9-10H2,1-4H3/t12-/m0/s1. The van der Waals surface area contributed by atoms with Crippen molar-refractivity contribution in [2.75, 3.05) is 13.7 Å². The fourth-order valence-electron chi connectivity index (χ4n) is 2.03. The summed E-state index contributed by atoms with van der Waals surface area (Å²) in [5.74, 6) is 0.102. The number of amides is 1. The Morgan fingerprint density at radius 1 is 1.19 bits per heavy atom. The van der Waals surface area contributed by atoms with Crippen LogP contribution in [0.15, 0.2) is 24.3 Å². The summed E-state index contributed by atoms with van der Waals surface area (Å²) in [7, 11) is 7.01. The Kier molecular flexibility index (Phi) is 6.47. The van der Waals surface area contributed by atoms with Gasteiger partial charge in [-0.1, -0.05) is 43.6 Å². The molecule has 1 amide bonds. The number of rotatable bonds is 6. The van der Waals surface area contributed by atoms with E-state index in [9.17, 15) is 9.59 Å². The van der Waals surface area contributed by atoms with Crippen molar-refractivity contribution in [1.29, 1.82) is 0 Å². The van der Waals surface area contributed by atoms with Crippen molar-refractivity contribution < 1.29 is 14.3 Å². The molecule has 5 heteroatoms. The molecule has 1 aromatic carbocycles. The van der Waals surface area contributed by atoms with Crippen molar-refractivity contribution in [2.45, 2.75) is 33.2 Å². The van der Waals surface area contributed by atoms with Gasteiger partial charge >= 0.3 is 6.09 Å². The average Bonchev–Trinajstić information content (AvgIpc) is 2.47. The minimum Gasteiger partial charge on any atom is -0.453 e. The summed E-state index contributed by atoms with van der Waals surface area (Å²) in [5.41, 5.74) is 1.62. The van der Waals surface area contributed by atoms with E-state index in [4.69, 9.17) is 12.6 Å². The van der Waals surface area contributed by atoms with Crippen LogP contribution in [0.3, 0.4) is 0 Å². The van der Waals surface area contributed by atoms with Crippen LogP contribution in [0.25, 0.3) is 0 Å². The van der Waals surface area contributed by atoms with E-state index in [1.54, 1.807) is 17.0 Å². The Labute approximate surface area is 127 Å². The third-order valence-electron chi connectivity index (χ3n) is 3.54. The molecule has 21 heavy (non-hydrogen) atoms. The molecule has 0 aliphatic carbocycles. The van der Waals surface area contributed by atoms with E-state index in [1.807, 2.05) is 32.9 Å². The van der Waals surface area contributed by atoms with E-state index >= 15 is 0 Å². The van der Waals surface area contributed by atoms with Crippen molar-refractivity contribution in [1.82, 2.24) is 4.90 Å². The Morgan fingerprint density at radius 3 is 2.24 bits per heavy atom. The minimum atomic E-state index is -0.434. The number of carbonyl (C=O) groups is 2. The summed E-state index contributed by atoms with van der Waals surface area (Å²) in [6.07, 6.45) is -0.109. The number of benzene rings is 1. The molecule has 4 nitrogen and oxygen atoms in total. The zero-order valence-corrected chi connectivity index (χ0v) is 13.1. The number of Topliss-reactive ketones (excluding diaryl/α,β-unsaturated/α-hetero) is 1. The van der Waals surface area contributed by atoms with Crippen LogP contribution in [0, 0.1) is 5.92 Å². The van der Waals surface area contributed by atoms with E-state index in [1.165, 1.54) is 7.11 Å². The van der Waals surface area contributed by atoms with Gasteiger partial charge in [0.15, 0.2) is 0 Å². The number of methoxy groups -OCH3 is 1. The number of carbonyl (C=O) groups excluding carboxylic acids is 2. The first-order valence-corrected chi connectivity index (χ1v) is 7.09. The van der Waals surface area contributed by atoms with Gasteiger partial charge in [0.1, 0.15) is 13.6 Å². The van der Waals surface area contributed by atoms with Gasteiger partial charge in [-0.25, -0.2) is 4.79 Å². The molecule has 0 bridgehead atoms. The Balaban J connectivity index is 2.84. The summed E-state index contributed by atoms with van der Waals surface area (Å²) in [6, 6.07) is 7.15. The summed E-state index contributed by atoms with van der Waals surface area (Å²) in [5, 5.41) is 0. The lowest BCUT2D eigenvalue weighted by Gasteiger charge is -2.28. The molecule has 0 unspecified atom stereocenters. The van der Waals surface area contributed by atoms with Gasteiger partial charge < -0.3 is 9.64 Å². The molecule has 0 N–H and O–H groups in total. The van der Waals surface area contributed by atoms with Crippen LogP contribution in [-0.2, 0) is 9.53 Å². The van der Waals surface area contributed by atoms with Crippen LogP contribution in [0.4, 0.5) is 4.79 Å². The minimum absolute atomic E-state index is 0.0312. The maximum absolute atomic E-state index is 11.9. The Hall–Kier alpha value is -1.78. The van der Waals surface area contributed by atoms with Crippen molar-refractivity contribution in [3.8, 4) is 0 Å². The molecule has 112 valence electrons. The normalized spacial score (nSPS) is 12.0. The molecule has 0 saturated heterocycles. The first-order valence-electron chi connectivity index (χ1n) is 7.09. The molecular formula is C16H22BNO3. The van der Waals surface area contributed by atoms with E-state index in [2.05, 4.69) is 0 Å². The molecule has 0 aliphatic rings. The molecule has 1 aromatic rings. The summed E-state index contributed by atoms with van der Waals surface area (Å²) < 4.78 is 4.82. The van der Waals surface area contributed by atoms with Crippen LogP contribution in [0.5, 0.6) is 0 Å². The lowest BCUT2D eigenvalue weighted by Crippen LogP contribution is -2.35. The maximum Gasteiger partial charge on any atom is 0.409 e. The predicted molar refractivity (Wildman–Crippen MR) is 83.8 cm³/mol. The molecule has 0 aromatic heterocycles. The Bertz CT molecular complexity index is 485. The first kappa shape index (κ1) is 17.3. The van der Waals surface area contributed by atoms with Crippen LogP contribution in [0.2, 0.25) is 0 Å². The zero-order valence-electron chi connectivity index (χ0n) is 13.1. The zero-order chi connectivity index (χ0) is 16.0. The summed E-state index contributed by atoms with van der Waals surface area (Å²) >= 11 is 0. The second-order valence-corrected chi connectivity index (χ2v) is 5.38. The highest BCUT2D eigenvalue weighted by atomic mass is 16.5. The summed E-state index contributed by atoms with van der Waals surface area (Å²) in [4.78, 5) is 25.3. The third-order valence-corrected chi connectivity index (χ3v) is 3.54. The second-order valence-electron chi connectivity index (χ2n) is 5.38. The number of nitrogens with zero attached hydrogens (tertiary/aromatic N) is 1. The molecule has 1 rings (SSSR count). The molecule has 0 fully saturated rings. The van der Waals surface area contributed by atoms with Gasteiger partial charge in [0, 0.05) is 18.9 Å². The molecule has 0 spiro atoms. The van der Waals surface area contributed by atoms with Gasteiger partial charge in [-0.05, 0) is 12.5 Å². The lowest BCUT2D eigenvalue weighted by molar-refractivity contribution is -0.122. The topological polar surface area (TPSA) is 46.6 Å². The highest BCUT2D eigenvalue weighted by Gasteiger charge is 2.23. The highest BCUT2D eigenvalue weighted by molar-refractivity contribution is 6.32. The molecule has 0 saturated carbocycles. The van der Waals surface area contributed by atoms with Crippen molar-refractivity contribution >= 4 is 25.2 Å². The van der Waals surface area contributed by atoms with E-state index < -0.39 is 6.09 Å². The van der Waals surface area contributed by atoms with Crippen LogP contribution < -0.4 is 5.46 Å². The van der Waals surface area contributed by atoms with Crippen molar-refractivity contribution in [3.63, 3.8) is 0 Å². The number of hydrogen-bond acceptors (Lipinski definition) is 3. The number of hydrogen-bond donors (Lipinski definition) is 0. The number of ketones is 1. The van der Waals surface area contributed by atoms with Crippen LogP contribution in [-0.4, -0.2) is 38.3 Å². The second kappa shape index (κ2) is 7.86. The van der Waals surface area contributed by atoms with Crippen LogP contribution >= 0.6 is 0 Å². The fraction of sp³-hybridized carbons (Fsp3) is 0.500. The van der Waals surface area contributed by atoms with Gasteiger partial charge in [0.05, 0.1) is 13.2 Å². The monoisotopic (exact) mass is 287 g/mol. The van der Waals surface area contributed by atoms with Gasteiger partial charge in [-0.3, -0.25) is 4.79 Å². The van der Waals surface area contributed by atoms with Gasteiger partial charge in [0.25, 0.3) is 0 Å². The number of ether oxygens (including phenoxy) is 1. The van der Waals surface area contributed by atoms with Gasteiger partial charge in [0.2, 0.25) is 0 Å². The quantitative estimate of drug-likeness (QED) is 0.754. The first-order chi connectivity index (χ1) is 9.86. The predicted octanol–water partition coefficient (Wildman–Crippen LogP) is 2.23. The molecule has 0 aliphatic heterocycles. The maximum atomic E-state index is 11.9.